The predicted octanol–water partition coefficient (Wildman–Crippen LogP) is 7.36. The number of hydrogen-bond acceptors (Lipinski definition) is 8. The summed E-state index contributed by atoms with van der Waals surface area (Å²) in [5, 5.41) is 20.5. The van der Waals surface area contributed by atoms with Gasteiger partial charge in [-0.25, -0.2) is 4.39 Å². The number of rotatable bonds is 8. The number of likely N-dealkylation sites (tertiary alicyclic amines) is 1. The van der Waals surface area contributed by atoms with Gasteiger partial charge in [0, 0.05) is 47.3 Å². The molecule has 0 radical (unpaired) electrons. The number of pyridine rings is 1. The fourth-order valence-electron chi connectivity index (χ4n) is 5.46. The van der Waals surface area contributed by atoms with Crippen molar-refractivity contribution in [1.82, 2.24) is 25.9 Å². The third-order valence-electron chi connectivity index (χ3n) is 7.76. The van der Waals surface area contributed by atoms with Crippen LogP contribution in [0, 0.1) is 17.1 Å². The summed E-state index contributed by atoms with van der Waals surface area (Å²) in [5.41, 5.74) is 11.1. The topological polar surface area (TPSA) is 91.3 Å². The van der Waals surface area contributed by atoms with E-state index in [1.54, 1.807) is 12.1 Å². The molecule has 2 aliphatic rings. The smallest absolute Gasteiger partial charge is 0.141 e. The van der Waals surface area contributed by atoms with Crippen LogP contribution < -0.4 is 21.6 Å². The van der Waals surface area contributed by atoms with E-state index in [1.165, 1.54) is 18.3 Å². The van der Waals surface area contributed by atoms with Crippen LogP contribution in [0.15, 0.2) is 72.7 Å². The molecule has 4 aromatic rings. The summed E-state index contributed by atoms with van der Waals surface area (Å²) in [6, 6.07) is 17.9. The molecule has 0 saturated carbocycles. The molecule has 2 aliphatic heterocycles. The van der Waals surface area contributed by atoms with Gasteiger partial charge in [-0.15, -0.1) is 5.53 Å². The van der Waals surface area contributed by atoms with Crippen molar-refractivity contribution >= 4 is 62.8 Å². The van der Waals surface area contributed by atoms with E-state index in [0.717, 1.165) is 37.3 Å². The van der Waals surface area contributed by atoms with Crippen molar-refractivity contribution in [3.05, 3.63) is 105 Å². The maximum absolute atomic E-state index is 13.8. The second-order valence-electron chi connectivity index (χ2n) is 10.5. The molecule has 12 heteroatoms. The number of benzene rings is 3. The number of aromatic nitrogens is 1. The van der Waals surface area contributed by atoms with Crippen LogP contribution in [-0.2, 0) is 0 Å². The molecule has 43 heavy (non-hydrogen) atoms. The predicted molar refractivity (Wildman–Crippen MR) is 171 cm³/mol. The Morgan fingerprint density at radius 1 is 1.09 bits per heavy atom. The first kappa shape index (κ1) is 29.3. The Labute approximate surface area is 264 Å². The number of anilines is 3. The lowest BCUT2D eigenvalue weighted by atomic mass is 10.0. The molecule has 0 amide bonds. The summed E-state index contributed by atoms with van der Waals surface area (Å²) < 4.78 is 13.8. The van der Waals surface area contributed by atoms with Crippen LogP contribution in [0.2, 0.25) is 15.1 Å². The standard InChI is InChI=1S/C31H28Cl3FN8/c1-2-42-10-9-23(16-42)43-17-28(40-41-43)30(18-3-5-20(32)6-4-18)39-22-11-24-29(38-21-7-8-27(35)25(33)12-21)19(14-36)15-37-31(24)26(34)13-22/h3-8,11-13,15,17,23,30,39-41H,2,9-10,16H2,1H3,(H,37,38)/t23-,30?/m1/s1. The van der Waals surface area contributed by atoms with Gasteiger partial charge in [-0.3, -0.25) is 9.99 Å². The fourth-order valence-corrected chi connectivity index (χ4v) is 6.03. The van der Waals surface area contributed by atoms with E-state index in [1.807, 2.05) is 30.3 Å². The Hall–Kier alpha value is -3.78. The van der Waals surface area contributed by atoms with Crippen LogP contribution in [0.4, 0.5) is 21.5 Å². The molecule has 3 aromatic carbocycles. The van der Waals surface area contributed by atoms with Crippen LogP contribution in [0.25, 0.3) is 10.9 Å². The lowest BCUT2D eigenvalue weighted by Crippen LogP contribution is -2.44. The fraction of sp³-hybridized carbons (Fsp3) is 0.226. The third-order valence-corrected chi connectivity index (χ3v) is 8.58. The third kappa shape index (κ3) is 6.16. The van der Waals surface area contributed by atoms with Gasteiger partial charge >= 0.3 is 0 Å². The number of nitriles is 1. The van der Waals surface area contributed by atoms with Crippen molar-refractivity contribution in [2.45, 2.75) is 25.4 Å². The van der Waals surface area contributed by atoms with E-state index >= 15 is 0 Å². The summed E-state index contributed by atoms with van der Waals surface area (Å²) >= 11 is 19.0. The molecule has 1 fully saturated rings. The van der Waals surface area contributed by atoms with E-state index in [9.17, 15) is 9.65 Å². The number of likely N-dealkylation sites (N-methyl/N-ethyl adjacent to an activating group) is 1. The summed E-state index contributed by atoms with van der Waals surface area (Å²) in [4.78, 5) is 6.88. The van der Waals surface area contributed by atoms with Gasteiger partial charge in [-0.05, 0) is 61.0 Å². The van der Waals surface area contributed by atoms with Gasteiger partial charge in [0.2, 0.25) is 0 Å². The molecule has 1 saturated heterocycles. The van der Waals surface area contributed by atoms with Gasteiger partial charge in [-0.2, -0.15) is 5.26 Å². The second kappa shape index (κ2) is 12.4. The van der Waals surface area contributed by atoms with E-state index in [0.29, 0.717) is 49.6 Å². The SMILES string of the molecule is CCN1CC[C@@H](N2C=C(C(Nc3cc(Cl)c4ncc(C#N)c(Nc5ccc(F)c(Cl)c5)c4c3)c3ccc(Cl)cc3)NN2)C1. The first-order valence-corrected chi connectivity index (χ1v) is 15.0. The van der Waals surface area contributed by atoms with E-state index < -0.39 is 5.82 Å². The van der Waals surface area contributed by atoms with Gasteiger partial charge in [0.25, 0.3) is 0 Å². The molecule has 6 rings (SSSR count). The van der Waals surface area contributed by atoms with Gasteiger partial charge in [0.15, 0.2) is 0 Å². The average molecular weight is 638 g/mol. The minimum absolute atomic E-state index is 0.0342. The molecule has 4 N–H and O–H groups in total. The Morgan fingerprint density at radius 3 is 2.60 bits per heavy atom. The molecule has 2 atom stereocenters. The average Bonchev–Trinajstić information content (AvgIpc) is 3.69. The maximum atomic E-state index is 13.8. The molecule has 0 bridgehead atoms. The number of nitrogens with one attached hydrogen (secondary N) is 4. The Bertz CT molecular complexity index is 1740. The van der Waals surface area contributed by atoms with Crippen molar-refractivity contribution in [1.29, 1.82) is 5.26 Å². The van der Waals surface area contributed by atoms with Crippen LogP contribution in [0.3, 0.4) is 0 Å². The minimum atomic E-state index is -0.534. The zero-order chi connectivity index (χ0) is 30.1. The Morgan fingerprint density at radius 2 is 1.88 bits per heavy atom. The number of halogens is 4. The molecular weight excluding hydrogens is 610 g/mol. The molecule has 220 valence electrons. The summed E-state index contributed by atoms with van der Waals surface area (Å²) in [6.45, 7) is 5.26. The van der Waals surface area contributed by atoms with Gasteiger partial charge < -0.3 is 21.0 Å². The zero-order valence-electron chi connectivity index (χ0n) is 23.1. The summed E-state index contributed by atoms with van der Waals surface area (Å²) in [5.74, 6) is -0.534. The molecule has 1 aromatic heterocycles. The first-order valence-electron chi connectivity index (χ1n) is 13.8. The Balaban J connectivity index is 1.38. The summed E-state index contributed by atoms with van der Waals surface area (Å²) in [6.07, 6.45) is 4.62. The van der Waals surface area contributed by atoms with Gasteiger partial charge in [0.1, 0.15) is 11.9 Å². The maximum Gasteiger partial charge on any atom is 0.141 e. The quantitative estimate of drug-likeness (QED) is 0.159. The Kier molecular flexibility index (Phi) is 8.48. The van der Waals surface area contributed by atoms with Crippen molar-refractivity contribution in [2.24, 2.45) is 0 Å². The van der Waals surface area contributed by atoms with E-state index in [4.69, 9.17) is 34.8 Å². The molecular formula is C31H28Cl3FN8. The second-order valence-corrected chi connectivity index (χ2v) is 11.7. The van der Waals surface area contributed by atoms with E-state index in [-0.39, 0.29) is 11.1 Å². The lowest BCUT2D eigenvalue weighted by molar-refractivity contribution is 0.193. The summed E-state index contributed by atoms with van der Waals surface area (Å²) in [7, 11) is 0. The van der Waals surface area contributed by atoms with Crippen LogP contribution in [0.1, 0.15) is 30.5 Å². The number of fused-ring (bicyclic) bond motifs is 1. The molecule has 0 spiro atoms. The number of hydrogen-bond donors (Lipinski definition) is 4. The normalized spacial score (nSPS) is 17.4. The highest BCUT2D eigenvalue weighted by atomic mass is 35.5. The number of hydrazine groups is 2. The van der Waals surface area contributed by atoms with Gasteiger partial charge in [-0.1, -0.05) is 53.9 Å². The zero-order valence-corrected chi connectivity index (χ0v) is 25.4. The highest BCUT2D eigenvalue weighted by molar-refractivity contribution is 6.36. The molecule has 3 heterocycles. The van der Waals surface area contributed by atoms with Crippen molar-refractivity contribution in [3.63, 3.8) is 0 Å². The van der Waals surface area contributed by atoms with Gasteiger partial charge in [0.05, 0.1) is 44.6 Å². The van der Waals surface area contributed by atoms with Crippen molar-refractivity contribution in [3.8, 4) is 6.07 Å². The molecule has 0 aliphatic carbocycles. The van der Waals surface area contributed by atoms with Crippen molar-refractivity contribution < 1.29 is 4.39 Å². The van der Waals surface area contributed by atoms with Crippen LogP contribution in [0.5, 0.6) is 0 Å². The van der Waals surface area contributed by atoms with Crippen LogP contribution in [-0.4, -0.2) is 40.6 Å². The minimum Gasteiger partial charge on any atom is -0.373 e. The van der Waals surface area contributed by atoms with Crippen LogP contribution >= 0.6 is 34.8 Å². The first-order chi connectivity index (χ1) is 20.8. The lowest BCUT2D eigenvalue weighted by Gasteiger charge is -2.23. The monoisotopic (exact) mass is 636 g/mol. The highest BCUT2D eigenvalue weighted by Crippen LogP contribution is 2.37. The molecule has 8 nitrogen and oxygen atoms in total. The molecule has 1 unspecified atom stereocenters. The van der Waals surface area contributed by atoms with Crippen molar-refractivity contribution in [2.75, 3.05) is 30.3 Å². The number of nitrogens with zero attached hydrogens (tertiary/aromatic N) is 4. The highest BCUT2D eigenvalue weighted by Gasteiger charge is 2.30. The largest absolute Gasteiger partial charge is 0.373 e. The van der Waals surface area contributed by atoms with E-state index in [2.05, 4.69) is 55.7 Å².